The Labute approximate surface area is 278 Å². The summed E-state index contributed by atoms with van der Waals surface area (Å²) in [5, 5.41) is 0. The molecule has 6 nitrogen and oxygen atoms in total. The van der Waals surface area contributed by atoms with Gasteiger partial charge in [0.1, 0.15) is 0 Å². The zero-order valence-corrected chi connectivity index (χ0v) is 30.7. The fraction of sp³-hybridized carbons (Fsp3) is 0.657. The summed E-state index contributed by atoms with van der Waals surface area (Å²) in [6, 6.07) is 13.2. The van der Waals surface area contributed by atoms with Crippen molar-refractivity contribution in [2.45, 2.75) is 72.6 Å². The first-order valence-electron chi connectivity index (χ1n) is 16.2. The third-order valence-corrected chi connectivity index (χ3v) is 7.80. The average Bonchev–Trinajstić information content (AvgIpc) is 3.29. The van der Waals surface area contributed by atoms with Gasteiger partial charge in [-0.15, -0.1) is 0 Å². The highest BCUT2D eigenvalue weighted by molar-refractivity contribution is 9.10. The Balaban J connectivity index is 0.00000221. The minimum Gasteiger partial charge on any atom is -0.379 e. The van der Waals surface area contributed by atoms with E-state index in [2.05, 4.69) is 82.1 Å². The molecule has 0 aromatic heterocycles. The van der Waals surface area contributed by atoms with E-state index in [9.17, 15) is 0 Å². The molecule has 0 saturated heterocycles. The number of hydrogen-bond donors (Lipinski definition) is 0. The van der Waals surface area contributed by atoms with Crippen molar-refractivity contribution >= 4 is 31.9 Å². The van der Waals surface area contributed by atoms with E-state index >= 15 is 0 Å². The lowest BCUT2D eigenvalue weighted by Gasteiger charge is -2.32. The third kappa shape index (κ3) is 14.0. The third-order valence-electron chi connectivity index (χ3n) is 6.82. The van der Waals surface area contributed by atoms with Crippen LogP contribution in [0.2, 0.25) is 0 Å². The summed E-state index contributed by atoms with van der Waals surface area (Å²) in [5.74, 6) is 0. The summed E-state index contributed by atoms with van der Waals surface area (Å²) in [4.78, 5) is 0. The topological polar surface area (TPSA) is 55.4 Å². The molecule has 246 valence electrons. The van der Waals surface area contributed by atoms with E-state index in [1.807, 2.05) is 27.7 Å². The van der Waals surface area contributed by atoms with Crippen molar-refractivity contribution in [2.75, 3.05) is 79.3 Å². The Hall–Kier alpha value is -0.840. The van der Waals surface area contributed by atoms with E-state index in [1.165, 1.54) is 22.3 Å². The Morgan fingerprint density at radius 1 is 0.465 bits per heavy atom. The molecule has 0 aliphatic heterocycles. The highest BCUT2D eigenvalue weighted by atomic mass is 79.9. The van der Waals surface area contributed by atoms with Crippen LogP contribution in [0.4, 0.5) is 0 Å². The molecule has 0 atom stereocenters. The van der Waals surface area contributed by atoms with Crippen LogP contribution in [-0.2, 0) is 33.8 Å². The summed E-state index contributed by atoms with van der Waals surface area (Å²) < 4.78 is 36.6. The molecule has 0 fully saturated rings. The molecule has 0 N–H and O–H groups in total. The van der Waals surface area contributed by atoms with Crippen LogP contribution in [0.25, 0.3) is 11.1 Å². The minimum absolute atomic E-state index is 0.206. The molecule has 0 heterocycles. The van der Waals surface area contributed by atoms with Gasteiger partial charge in [0.25, 0.3) is 0 Å². The second-order valence-electron chi connectivity index (χ2n) is 9.64. The molecule has 3 rings (SSSR count). The summed E-state index contributed by atoms with van der Waals surface area (Å²) in [6.45, 7) is 19.8. The van der Waals surface area contributed by atoms with E-state index in [0.717, 1.165) is 47.8 Å². The molecule has 1 aliphatic carbocycles. The van der Waals surface area contributed by atoms with Crippen molar-refractivity contribution in [1.29, 1.82) is 0 Å². The van der Waals surface area contributed by atoms with Crippen molar-refractivity contribution < 1.29 is 28.4 Å². The lowest BCUT2D eigenvalue weighted by molar-refractivity contribution is 0.00663. The highest BCUT2D eigenvalue weighted by Crippen LogP contribution is 2.54. The summed E-state index contributed by atoms with van der Waals surface area (Å²) in [6.07, 6.45) is 3.76. The summed E-state index contributed by atoms with van der Waals surface area (Å²) >= 11 is 7.43. The zero-order valence-electron chi connectivity index (χ0n) is 27.5. The van der Waals surface area contributed by atoms with E-state index in [1.54, 1.807) is 0 Å². The maximum absolute atomic E-state index is 6.08. The average molecular weight is 733 g/mol. The van der Waals surface area contributed by atoms with Gasteiger partial charge in [-0.1, -0.05) is 85.5 Å². The van der Waals surface area contributed by atoms with Crippen LogP contribution in [0.15, 0.2) is 45.3 Å². The van der Waals surface area contributed by atoms with Crippen LogP contribution in [0.5, 0.6) is 0 Å². The number of benzene rings is 2. The fourth-order valence-electron chi connectivity index (χ4n) is 4.97. The molecule has 8 heteroatoms. The molecule has 2 aromatic rings. The molecule has 1 aliphatic rings. The second kappa shape index (κ2) is 25.4. The Morgan fingerprint density at radius 2 is 0.767 bits per heavy atom. The maximum Gasteiger partial charge on any atom is 0.0701 e. The van der Waals surface area contributed by atoms with Gasteiger partial charge in [-0.3, -0.25) is 0 Å². The Bertz CT molecular complexity index is 894. The van der Waals surface area contributed by atoms with E-state index in [-0.39, 0.29) is 5.41 Å². The number of halogens is 2. The van der Waals surface area contributed by atoms with Gasteiger partial charge in [0, 0.05) is 40.8 Å². The van der Waals surface area contributed by atoms with Crippen molar-refractivity contribution in [2.24, 2.45) is 0 Å². The van der Waals surface area contributed by atoms with E-state index in [4.69, 9.17) is 28.4 Å². The number of fused-ring (bicyclic) bond motifs is 3. The lowest BCUT2D eigenvalue weighted by Crippen LogP contribution is -2.30. The van der Waals surface area contributed by atoms with Gasteiger partial charge in [0.15, 0.2) is 0 Å². The van der Waals surface area contributed by atoms with Gasteiger partial charge in [-0.05, 0) is 72.2 Å². The van der Waals surface area contributed by atoms with Crippen LogP contribution < -0.4 is 0 Å². The maximum atomic E-state index is 6.08. The van der Waals surface area contributed by atoms with E-state index < -0.39 is 0 Å². The normalized spacial score (nSPS) is 12.6. The van der Waals surface area contributed by atoms with Crippen LogP contribution in [0, 0.1) is 0 Å². The van der Waals surface area contributed by atoms with Crippen molar-refractivity contribution in [3.05, 3.63) is 56.5 Å². The van der Waals surface area contributed by atoms with Gasteiger partial charge in [-0.25, -0.2) is 0 Å². The molecule has 0 bridgehead atoms. The molecule has 2 aromatic carbocycles. The first kappa shape index (κ1) is 40.2. The lowest BCUT2D eigenvalue weighted by atomic mass is 9.73. The smallest absolute Gasteiger partial charge is 0.0701 e. The molecule has 0 spiro atoms. The highest BCUT2D eigenvalue weighted by Gasteiger charge is 2.43. The Morgan fingerprint density at radius 3 is 1.09 bits per heavy atom. The molecule has 0 saturated carbocycles. The Kier molecular flexibility index (Phi) is 23.7. The predicted molar refractivity (Wildman–Crippen MR) is 185 cm³/mol. The van der Waals surface area contributed by atoms with Crippen molar-refractivity contribution in [1.82, 2.24) is 0 Å². The minimum atomic E-state index is -0.206. The zero-order chi connectivity index (χ0) is 31.8. The summed E-state index contributed by atoms with van der Waals surface area (Å²) in [5.41, 5.74) is 5.01. The first-order valence-corrected chi connectivity index (χ1v) is 17.8. The largest absolute Gasteiger partial charge is 0.379 e. The van der Waals surface area contributed by atoms with Gasteiger partial charge < -0.3 is 28.4 Å². The quantitative estimate of drug-likeness (QED) is 0.113. The van der Waals surface area contributed by atoms with Crippen LogP contribution in [0.3, 0.4) is 0 Å². The standard InChI is InChI=1S/C31H44Br2O6.2C2H6/c1-3-11-34-15-19-38-21-17-36-13-9-31(10-14-37-18-22-39-20-16-35-12-4-2)29-23-25(32)5-7-27(29)28-8-6-26(33)24-30(28)31;2*1-2/h5-8,23-24H,3-4,9-22H2,1-2H3;2*1-2H3. The number of hydrogen-bond acceptors (Lipinski definition) is 6. The van der Waals surface area contributed by atoms with Gasteiger partial charge >= 0.3 is 0 Å². The predicted octanol–water partition coefficient (Wildman–Crippen LogP) is 9.23. The molecular weight excluding hydrogens is 676 g/mol. The van der Waals surface area contributed by atoms with Crippen molar-refractivity contribution in [3.63, 3.8) is 0 Å². The number of rotatable bonds is 22. The molecule has 0 unspecified atom stereocenters. The summed E-state index contributed by atoms with van der Waals surface area (Å²) in [7, 11) is 0. The van der Waals surface area contributed by atoms with Gasteiger partial charge in [-0.2, -0.15) is 0 Å². The SMILES string of the molecule is CC.CC.CCCOCCOCCOCCC1(CCOCCOCCOCCC)c2cc(Br)ccc2-c2ccc(Br)cc21. The van der Waals surface area contributed by atoms with Crippen molar-refractivity contribution in [3.8, 4) is 11.1 Å². The van der Waals surface area contributed by atoms with E-state index in [0.29, 0.717) is 66.1 Å². The van der Waals surface area contributed by atoms with Crippen LogP contribution >= 0.6 is 31.9 Å². The monoisotopic (exact) mass is 730 g/mol. The first-order chi connectivity index (χ1) is 21.1. The van der Waals surface area contributed by atoms with Gasteiger partial charge in [0.2, 0.25) is 0 Å². The number of ether oxygens (including phenoxy) is 6. The fourth-order valence-corrected chi connectivity index (χ4v) is 5.69. The second-order valence-corrected chi connectivity index (χ2v) is 11.5. The van der Waals surface area contributed by atoms with Crippen LogP contribution in [-0.4, -0.2) is 79.3 Å². The van der Waals surface area contributed by atoms with Gasteiger partial charge in [0.05, 0.1) is 52.9 Å². The molecule has 0 radical (unpaired) electrons. The molecular formula is C35H56Br2O6. The van der Waals surface area contributed by atoms with Crippen LogP contribution in [0.1, 0.15) is 78.4 Å². The molecule has 0 amide bonds. The molecule has 43 heavy (non-hydrogen) atoms.